The lowest BCUT2D eigenvalue weighted by Gasteiger charge is -2.06. The van der Waals surface area contributed by atoms with Crippen molar-refractivity contribution in [2.24, 2.45) is 0 Å². The van der Waals surface area contributed by atoms with E-state index in [0.717, 1.165) is 4.47 Å². The van der Waals surface area contributed by atoms with Crippen LogP contribution in [0.5, 0.6) is 0 Å². The van der Waals surface area contributed by atoms with E-state index in [2.05, 4.69) is 26.2 Å². The van der Waals surface area contributed by atoms with Gasteiger partial charge in [-0.15, -0.1) is 0 Å². The highest BCUT2D eigenvalue weighted by Crippen LogP contribution is 2.22. The minimum atomic E-state index is -0.323. The highest BCUT2D eigenvalue weighted by atomic mass is 79.9. The number of amides is 1. The molecular weight excluding hydrogens is 339 g/mol. The summed E-state index contributed by atoms with van der Waals surface area (Å²) in [7, 11) is 0. The number of carbonyl (C=O) groups is 1. The summed E-state index contributed by atoms with van der Waals surface area (Å²) in [5, 5.41) is 3.53. The summed E-state index contributed by atoms with van der Waals surface area (Å²) < 4.78 is 0.779. The normalized spacial score (nSPS) is 10.2. The summed E-state index contributed by atoms with van der Waals surface area (Å²) in [5.74, 6) is 0.0940. The average molecular weight is 346 g/mol. The topological polar surface area (TPSA) is 42.0 Å². The van der Waals surface area contributed by atoms with Gasteiger partial charge in [-0.05, 0) is 30.3 Å². The number of nitrogens with zero attached hydrogens (tertiary/aromatic N) is 1. The molecule has 0 saturated heterocycles. The van der Waals surface area contributed by atoms with Gasteiger partial charge in [0.05, 0.1) is 15.6 Å². The zero-order valence-corrected chi connectivity index (χ0v) is 12.1. The molecule has 0 aliphatic carbocycles. The van der Waals surface area contributed by atoms with Crippen molar-refractivity contribution >= 4 is 50.9 Å². The molecule has 0 unspecified atom stereocenters. The van der Waals surface area contributed by atoms with E-state index in [4.69, 9.17) is 23.2 Å². The second-order valence-electron chi connectivity index (χ2n) is 3.44. The lowest BCUT2D eigenvalue weighted by atomic mass is 10.2. The summed E-state index contributed by atoms with van der Waals surface area (Å²) in [5.41, 5.74) is 0.378. The van der Waals surface area contributed by atoms with Crippen molar-refractivity contribution in [2.45, 2.75) is 0 Å². The number of hydrogen-bond donors (Lipinski definition) is 1. The van der Waals surface area contributed by atoms with Crippen LogP contribution in [0.3, 0.4) is 0 Å². The molecule has 0 spiro atoms. The minimum absolute atomic E-state index is 0.323. The molecule has 3 nitrogen and oxygen atoms in total. The molecule has 0 atom stereocenters. The molecule has 0 aliphatic rings. The van der Waals surface area contributed by atoms with Crippen LogP contribution in [-0.2, 0) is 0 Å². The average Bonchev–Trinajstić information content (AvgIpc) is 2.35. The van der Waals surface area contributed by atoms with E-state index in [9.17, 15) is 4.79 Å². The van der Waals surface area contributed by atoms with Crippen LogP contribution in [0.15, 0.2) is 41.0 Å². The fourth-order valence-corrected chi connectivity index (χ4v) is 1.98. The van der Waals surface area contributed by atoms with Crippen molar-refractivity contribution < 1.29 is 4.79 Å². The number of benzene rings is 1. The molecule has 2 rings (SSSR count). The predicted octanol–water partition coefficient (Wildman–Crippen LogP) is 4.40. The van der Waals surface area contributed by atoms with Gasteiger partial charge in [0.2, 0.25) is 0 Å². The van der Waals surface area contributed by atoms with Crippen LogP contribution in [0, 0.1) is 0 Å². The summed E-state index contributed by atoms with van der Waals surface area (Å²) in [6, 6.07) is 8.32. The zero-order valence-electron chi connectivity index (χ0n) is 8.95. The van der Waals surface area contributed by atoms with E-state index in [1.165, 1.54) is 6.20 Å². The molecule has 1 aromatic heterocycles. The Morgan fingerprint density at radius 1 is 1.22 bits per heavy atom. The first-order valence-corrected chi connectivity index (χ1v) is 6.49. The SMILES string of the molecule is O=C(Nc1ccc(Cl)cn1)c1cc(Br)ccc1Cl. The summed E-state index contributed by atoms with van der Waals surface area (Å²) in [6.07, 6.45) is 1.46. The quantitative estimate of drug-likeness (QED) is 0.876. The number of aromatic nitrogens is 1. The van der Waals surface area contributed by atoms with Crippen molar-refractivity contribution in [3.05, 3.63) is 56.6 Å². The third kappa shape index (κ3) is 3.22. The number of anilines is 1. The Morgan fingerprint density at radius 3 is 2.67 bits per heavy atom. The predicted molar refractivity (Wildman–Crippen MR) is 76.4 cm³/mol. The van der Waals surface area contributed by atoms with Crippen LogP contribution < -0.4 is 5.32 Å². The maximum absolute atomic E-state index is 12.0. The Balaban J connectivity index is 2.21. The van der Waals surface area contributed by atoms with Gasteiger partial charge in [-0.1, -0.05) is 39.1 Å². The van der Waals surface area contributed by atoms with Crippen LogP contribution >= 0.6 is 39.1 Å². The lowest BCUT2D eigenvalue weighted by molar-refractivity contribution is 0.102. The van der Waals surface area contributed by atoms with E-state index in [1.807, 2.05) is 0 Å². The zero-order chi connectivity index (χ0) is 13.1. The third-order valence-electron chi connectivity index (χ3n) is 2.14. The fourth-order valence-electron chi connectivity index (χ4n) is 1.30. The summed E-state index contributed by atoms with van der Waals surface area (Å²) in [6.45, 7) is 0. The van der Waals surface area contributed by atoms with Crippen LogP contribution in [0.25, 0.3) is 0 Å². The van der Waals surface area contributed by atoms with Crippen molar-refractivity contribution in [1.29, 1.82) is 0 Å². The third-order valence-corrected chi connectivity index (χ3v) is 3.19. The molecule has 18 heavy (non-hydrogen) atoms. The number of rotatable bonds is 2. The molecule has 92 valence electrons. The Labute approximate surface area is 122 Å². The van der Waals surface area contributed by atoms with E-state index >= 15 is 0 Å². The molecule has 0 bridgehead atoms. The second kappa shape index (κ2) is 5.69. The Kier molecular flexibility index (Phi) is 4.22. The van der Waals surface area contributed by atoms with E-state index in [-0.39, 0.29) is 5.91 Å². The van der Waals surface area contributed by atoms with E-state index < -0.39 is 0 Å². The molecule has 0 saturated carbocycles. The number of carbonyl (C=O) groups excluding carboxylic acids is 1. The largest absolute Gasteiger partial charge is 0.307 e. The second-order valence-corrected chi connectivity index (χ2v) is 5.20. The first kappa shape index (κ1) is 13.3. The van der Waals surface area contributed by atoms with Gasteiger partial charge in [0.15, 0.2) is 0 Å². The van der Waals surface area contributed by atoms with Gasteiger partial charge in [-0.3, -0.25) is 4.79 Å². The van der Waals surface area contributed by atoms with Crippen molar-refractivity contribution in [1.82, 2.24) is 4.98 Å². The minimum Gasteiger partial charge on any atom is -0.307 e. The van der Waals surface area contributed by atoms with Crippen LogP contribution in [0.2, 0.25) is 10.0 Å². The van der Waals surface area contributed by atoms with Crippen LogP contribution in [0.4, 0.5) is 5.82 Å². The Morgan fingerprint density at radius 2 is 2.00 bits per heavy atom. The molecule has 1 amide bonds. The highest BCUT2D eigenvalue weighted by molar-refractivity contribution is 9.10. The summed E-state index contributed by atoms with van der Waals surface area (Å²) >= 11 is 15.0. The van der Waals surface area contributed by atoms with Crippen LogP contribution in [0.1, 0.15) is 10.4 Å². The molecule has 0 aliphatic heterocycles. The summed E-state index contributed by atoms with van der Waals surface area (Å²) in [4.78, 5) is 16.0. The molecule has 0 fully saturated rings. The van der Waals surface area contributed by atoms with Crippen molar-refractivity contribution in [2.75, 3.05) is 5.32 Å². The highest BCUT2D eigenvalue weighted by Gasteiger charge is 2.11. The molecule has 1 aromatic carbocycles. The fraction of sp³-hybridized carbons (Fsp3) is 0. The van der Waals surface area contributed by atoms with Crippen molar-refractivity contribution in [3.8, 4) is 0 Å². The molecule has 1 heterocycles. The molecule has 6 heteroatoms. The van der Waals surface area contributed by atoms with Gasteiger partial charge < -0.3 is 5.32 Å². The molecule has 2 aromatic rings. The van der Waals surface area contributed by atoms with Gasteiger partial charge in [-0.25, -0.2) is 4.98 Å². The monoisotopic (exact) mass is 344 g/mol. The van der Waals surface area contributed by atoms with Gasteiger partial charge in [0.1, 0.15) is 5.82 Å². The smallest absolute Gasteiger partial charge is 0.258 e. The van der Waals surface area contributed by atoms with Gasteiger partial charge in [0.25, 0.3) is 5.91 Å². The van der Waals surface area contributed by atoms with Gasteiger partial charge in [0, 0.05) is 10.7 Å². The van der Waals surface area contributed by atoms with E-state index in [1.54, 1.807) is 30.3 Å². The van der Waals surface area contributed by atoms with Crippen LogP contribution in [-0.4, -0.2) is 10.9 Å². The lowest BCUT2D eigenvalue weighted by Crippen LogP contribution is -2.13. The number of pyridine rings is 1. The number of hydrogen-bond acceptors (Lipinski definition) is 2. The van der Waals surface area contributed by atoms with Crippen molar-refractivity contribution in [3.63, 3.8) is 0 Å². The maximum atomic E-state index is 12.0. The first-order valence-electron chi connectivity index (χ1n) is 4.94. The number of nitrogens with one attached hydrogen (secondary N) is 1. The first-order chi connectivity index (χ1) is 8.56. The standard InChI is InChI=1S/C12H7BrCl2N2O/c13-7-1-3-10(15)9(5-7)12(18)17-11-4-2-8(14)6-16-11/h1-6H,(H,16,17,18). The van der Waals surface area contributed by atoms with Gasteiger partial charge >= 0.3 is 0 Å². The Hall–Kier alpha value is -1.10. The van der Waals surface area contributed by atoms with Gasteiger partial charge in [-0.2, -0.15) is 0 Å². The Bertz CT molecular complexity index is 587. The maximum Gasteiger partial charge on any atom is 0.258 e. The molecule has 0 radical (unpaired) electrons. The number of halogens is 3. The molecular formula is C12H7BrCl2N2O. The molecule has 1 N–H and O–H groups in total. The van der Waals surface area contributed by atoms with E-state index in [0.29, 0.717) is 21.4 Å².